The molecule has 2 aromatic rings. The molecule has 110 valence electrons. The molecule has 6 heteroatoms. The Balaban J connectivity index is 2.30. The van der Waals surface area contributed by atoms with Crippen molar-refractivity contribution >= 4 is 23.4 Å². The van der Waals surface area contributed by atoms with Gasteiger partial charge in [0.25, 0.3) is 5.91 Å². The normalized spacial score (nSPS) is 10.4. The fraction of sp³-hybridized carbons (Fsp3) is 0.267. The van der Waals surface area contributed by atoms with E-state index in [2.05, 4.69) is 15.3 Å². The van der Waals surface area contributed by atoms with Crippen LogP contribution in [0.1, 0.15) is 28.7 Å². The predicted octanol–water partition coefficient (Wildman–Crippen LogP) is 2.58. The number of carbonyl (C=O) groups is 1. The van der Waals surface area contributed by atoms with Crippen molar-refractivity contribution in [2.75, 3.05) is 12.3 Å². The third-order valence-corrected chi connectivity index (χ3v) is 3.71. The average molecular weight is 302 g/mol. The van der Waals surface area contributed by atoms with Crippen molar-refractivity contribution in [2.45, 2.75) is 30.8 Å². The Hall–Kier alpha value is -2.08. The van der Waals surface area contributed by atoms with Crippen molar-refractivity contribution in [1.29, 1.82) is 0 Å². The summed E-state index contributed by atoms with van der Waals surface area (Å²) >= 11 is 1.36. The minimum absolute atomic E-state index is 0.110. The second kappa shape index (κ2) is 6.58. The molecule has 0 spiro atoms. The molecule has 0 atom stereocenters. The van der Waals surface area contributed by atoms with Crippen molar-refractivity contribution in [1.82, 2.24) is 15.3 Å². The molecule has 0 aliphatic heterocycles. The maximum atomic E-state index is 11.9. The summed E-state index contributed by atoms with van der Waals surface area (Å²) in [5, 5.41) is 3.40. The van der Waals surface area contributed by atoms with Crippen LogP contribution in [0.3, 0.4) is 0 Å². The summed E-state index contributed by atoms with van der Waals surface area (Å²) < 4.78 is 0. The van der Waals surface area contributed by atoms with E-state index in [-0.39, 0.29) is 5.91 Å². The van der Waals surface area contributed by atoms with Crippen molar-refractivity contribution < 1.29 is 4.79 Å². The zero-order valence-corrected chi connectivity index (χ0v) is 13.1. The molecule has 1 aromatic heterocycles. The monoisotopic (exact) mass is 302 g/mol. The van der Waals surface area contributed by atoms with Gasteiger partial charge in [-0.25, -0.2) is 9.97 Å². The van der Waals surface area contributed by atoms with E-state index in [9.17, 15) is 4.79 Å². The molecule has 5 nitrogen and oxygen atoms in total. The fourth-order valence-electron chi connectivity index (χ4n) is 1.86. The number of rotatable bonds is 4. The number of nitrogens with zero attached hydrogens (tertiary/aromatic N) is 2. The summed E-state index contributed by atoms with van der Waals surface area (Å²) in [5.41, 5.74) is 8.98. The number of nitrogens with one attached hydrogen (secondary N) is 1. The molecule has 0 saturated heterocycles. The van der Waals surface area contributed by atoms with Crippen LogP contribution in [0.2, 0.25) is 0 Å². The molecule has 0 aliphatic carbocycles. The third-order valence-electron chi connectivity index (χ3n) is 2.78. The van der Waals surface area contributed by atoms with Gasteiger partial charge >= 0.3 is 0 Å². The van der Waals surface area contributed by atoms with Crippen LogP contribution >= 0.6 is 11.8 Å². The number of benzene rings is 1. The quantitative estimate of drug-likeness (QED) is 0.670. The number of anilines is 1. The van der Waals surface area contributed by atoms with Gasteiger partial charge in [-0.1, -0.05) is 0 Å². The SMILES string of the molecule is CCNC(=O)c1ccc(N)c(Sc2nc(C)cc(C)n2)c1. The highest BCUT2D eigenvalue weighted by molar-refractivity contribution is 7.99. The molecule has 0 bridgehead atoms. The van der Waals surface area contributed by atoms with Crippen LogP contribution in [-0.4, -0.2) is 22.4 Å². The zero-order chi connectivity index (χ0) is 15.4. The Morgan fingerprint density at radius 2 is 1.90 bits per heavy atom. The summed E-state index contributed by atoms with van der Waals surface area (Å²) in [6.07, 6.45) is 0. The highest BCUT2D eigenvalue weighted by Gasteiger charge is 2.10. The highest BCUT2D eigenvalue weighted by atomic mass is 32.2. The van der Waals surface area contributed by atoms with Gasteiger partial charge in [0, 0.05) is 34.1 Å². The number of hydrogen-bond acceptors (Lipinski definition) is 5. The Kier molecular flexibility index (Phi) is 4.80. The van der Waals surface area contributed by atoms with Crippen LogP contribution < -0.4 is 11.1 Å². The zero-order valence-electron chi connectivity index (χ0n) is 12.3. The maximum Gasteiger partial charge on any atom is 0.251 e. The van der Waals surface area contributed by atoms with Gasteiger partial charge in [-0.3, -0.25) is 4.79 Å². The lowest BCUT2D eigenvalue weighted by Crippen LogP contribution is -2.22. The molecule has 1 aromatic carbocycles. The van der Waals surface area contributed by atoms with Crippen LogP contribution in [-0.2, 0) is 0 Å². The lowest BCUT2D eigenvalue weighted by Gasteiger charge is -2.08. The molecule has 2 rings (SSSR count). The highest BCUT2D eigenvalue weighted by Crippen LogP contribution is 2.31. The number of hydrogen-bond donors (Lipinski definition) is 2. The molecule has 21 heavy (non-hydrogen) atoms. The number of nitrogen functional groups attached to an aromatic ring is 1. The van der Waals surface area contributed by atoms with Crippen molar-refractivity contribution in [3.05, 3.63) is 41.2 Å². The molecule has 0 fully saturated rings. The Morgan fingerprint density at radius 1 is 1.24 bits per heavy atom. The van der Waals surface area contributed by atoms with Crippen LogP contribution in [0.4, 0.5) is 5.69 Å². The molecule has 3 N–H and O–H groups in total. The lowest BCUT2D eigenvalue weighted by atomic mass is 10.2. The number of amides is 1. The van der Waals surface area contributed by atoms with Gasteiger partial charge in [0.15, 0.2) is 5.16 Å². The van der Waals surface area contributed by atoms with E-state index in [0.29, 0.717) is 23.0 Å². The number of aryl methyl sites for hydroxylation is 2. The Bertz CT molecular complexity index is 652. The number of nitrogens with two attached hydrogens (primary N) is 1. The fourth-order valence-corrected chi connectivity index (χ4v) is 2.81. The molecular formula is C15H18N4OS. The van der Waals surface area contributed by atoms with Crippen LogP contribution in [0, 0.1) is 13.8 Å². The summed E-state index contributed by atoms with van der Waals surface area (Å²) in [5.74, 6) is -0.110. The number of aromatic nitrogens is 2. The van der Waals surface area contributed by atoms with Gasteiger partial charge in [0.05, 0.1) is 0 Å². The second-order valence-corrected chi connectivity index (χ2v) is 5.66. The molecule has 0 radical (unpaired) electrons. The first-order chi connectivity index (χ1) is 9.99. The van der Waals surface area contributed by atoms with Crippen molar-refractivity contribution in [2.24, 2.45) is 0 Å². The van der Waals surface area contributed by atoms with Gasteiger partial charge in [-0.05, 0) is 56.8 Å². The van der Waals surface area contributed by atoms with E-state index in [1.165, 1.54) is 11.8 Å². The topological polar surface area (TPSA) is 80.9 Å². The van der Waals surface area contributed by atoms with Gasteiger partial charge < -0.3 is 11.1 Å². The smallest absolute Gasteiger partial charge is 0.251 e. The van der Waals surface area contributed by atoms with E-state index < -0.39 is 0 Å². The molecule has 0 saturated carbocycles. The van der Waals surface area contributed by atoms with E-state index in [0.717, 1.165) is 16.3 Å². The standard InChI is InChI=1S/C15H18N4OS/c1-4-17-14(20)11-5-6-12(16)13(8-11)21-15-18-9(2)7-10(3)19-15/h5-8H,4,16H2,1-3H3,(H,17,20). The molecule has 1 heterocycles. The second-order valence-electron chi connectivity index (χ2n) is 4.65. The van der Waals surface area contributed by atoms with E-state index in [4.69, 9.17) is 5.73 Å². The average Bonchev–Trinajstić information content (AvgIpc) is 2.40. The molecule has 1 amide bonds. The summed E-state index contributed by atoms with van der Waals surface area (Å²) in [4.78, 5) is 21.4. The van der Waals surface area contributed by atoms with Gasteiger partial charge in [-0.2, -0.15) is 0 Å². The Labute approximate surface area is 128 Å². The van der Waals surface area contributed by atoms with Crippen LogP contribution in [0.25, 0.3) is 0 Å². The minimum atomic E-state index is -0.110. The lowest BCUT2D eigenvalue weighted by molar-refractivity contribution is 0.0955. The first-order valence-corrected chi connectivity index (χ1v) is 7.49. The molecule has 0 aliphatic rings. The van der Waals surface area contributed by atoms with Gasteiger partial charge in [0.2, 0.25) is 0 Å². The molecular weight excluding hydrogens is 284 g/mol. The third kappa shape index (κ3) is 3.95. The first-order valence-electron chi connectivity index (χ1n) is 6.67. The van der Waals surface area contributed by atoms with Crippen LogP contribution in [0.15, 0.2) is 34.3 Å². The maximum absolute atomic E-state index is 11.9. The van der Waals surface area contributed by atoms with Gasteiger partial charge in [0.1, 0.15) is 0 Å². The predicted molar refractivity (Wildman–Crippen MR) is 84.5 cm³/mol. The summed E-state index contributed by atoms with van der Waals surface area (Å²) in [6, 6.07) is 7.13. The Morgan fingerprint density at radius 3 is 2.52 bits per heavy atom. The van der Waals surface area contributed by atoms with Crippen molar-refractivity contribution in [3.63, 3.8) is 0 Å². The molecule has 0 unspecified atom stereocenters. The summed E-state index contributed by atoms with van der Waals surface area (Å²) in [6.45, 7) is 6.32. The van der Waals surface area contributed by atoms with Crippen molar-refractivity contribution in [3.8, 4) is 0 Å². The summed E-state index contributed by atoms with van der Waals surface area (Å²) in [7, 11) is 0. The van der Waals surface area contributed by atoms with E-state index in [1.807, 2.05) is 26.8 Å². The largest absolute Gasteiger partial charge is 0.398 e. The number of carbonyl (C=O) groups excluding carboxylic acids is 1. The first kappa shape index (κ1) is 15.3. The minimum Gasteiger partial charge on any atom is -0.398 e. The van der Waals surface area contributed by atoms with Gasteiger partial charge in [-0.15, -0.1) is 0 Å². The van der Waals surface area contributed by atoms with E-state index in [1.54, 1.807) is 18.2 Å². The van der Waals surface area contributed by atoms with E-state index >= 15 is 0 Å². The van der Waals surface area contributed by atoms with Crippen LogP contribution in [0.5, 0.6) is 0 Å².